The van der Waals surface area contributed by atoms with E-state index >= 15 is 0 Å². The van der Waals surface area contributed by atoms with Crippen LogP contribution in [-0.2, 0) is 0 Å². The monoisotopic (exact) mass is 302 g/mol. The van der Waals surface area contributed by atoms with Crippen molar-refractivity contribution < 1.29 is 13.9 Å². The molecule has 0 bridgehead atoms. The van der Waals surface area contributed by atoms with Crippen molar-refractivity contribution >= 4 is 21.8 Å². The molecule has 1 fully saturated rings. The summed E-state index contributed by atoms with van der Waals surface area (Å²) in [5, 5.41) is 14.9. The van der Waals surface area contributed by atoms with Gasteiger partial charge in [-0.05, 0) is 49.4 Å². The van der Waals surface area contributed by atoms with Crippen LogP contribution in [0.3, 0.4) is 0 Å². The molecule has 0 radical (unpaired) electrons. The molecule has 1 aliphatic rings. The number of hydrogen-bond donors (Lipinski definition) is 2. The third kappa shape index (κ3) is 2.01. The van der Waals surface area contributed by atoms with Crippen LogP contribution in [0.5, 0.6) is 0 Å². The molecule has 0 saturated carbocycles. The van der Waals surface area contributed by atoms with Gasteiger partial charge in [0.2, 0.25) is 0 Å². The van der Waals surface area contributed by atoms with E-state index in [4.69, 9.17) is 0 Å². The second kappa shape index (κ2) is 5.04. The summed E-state index contributed by atoms with van der Waals surface area (Å²) in [6, 6.07) is 8.98. The Kier molecular flexibility index (Phi) is 3.13. The number of nitrogens with zero attached hydrogens (tertiary/aromatic N) is 1. The molecule has 3 nitrogen and oxygen atoms in total. The van der Waals surface area contributed by atoms with Crippen molar-refractivity contribution in [1.29, 1.82) is 0 Å². The number of halogens is 2. The average molecular weight is 302 g/mol. The predicted molar refractivity (Wildman–Crippen MR) is 81.9 cm³/mol. The van der Waals surface area contributed by atoms with Crippen LogP contribution in [0.4, 0.5) is 8.78 Å². The molecule has 1 aromatic heterocycles. The van der Waals surface area contributed by atoms with E-state index in [1.165, 1.54) is 24.3 Å². The zero-order valence-electron chi connectivity index (χ0n) is 11.9. The van der Waals surface area contributed by atoms with E-state index in [2.05, 4.69) is 5.32 Å². The first-order chi connectivity index (χ1) is 10.6. The van der Waals surface area contributed by atoms with Gasteiger partial charge >= 0.3 is 0 Å². The molecule has 22 heavy (non-hydrogen) atoms. The lowest BCUT2D eigenvalue weighted by molar-refractivity contribution is 0.0913. The van der Waals surface area contributed by atoms with Crippen LogP contribution < -0.4 is 5.32 Å². The van der Waals surface area contributed by atoms with Crippen molar-refractivity contribution in [1.82, 2.24) is 9.88 Å². The summed E-state index contributed by atoms with van der Waals surface area (Å²) in [6.07, 6.45) is 0.247. The van der Waals surface area contributed by atoms with Crippen LogP contribution in [0.15, 0.2) is 36.4 Å². The Morgan fingerprint density at radius 2 is 1.59 bits per heavy atom. The van der Waals surface area contributed by atoms with Gasteiger partial charge in [-0.15, -0.1) is 0 Å². The second-order valence-electron chi connectivity index (χ2n) is 5.82. The fraction of sp³-hybridized carbons (Fsp3) is 0.294. The first kappa shape index (κ1) is 13.7. The topological polar surface area (TPSA) is 37.2 Å². The molecule has 4 rings (SSSR count). The SMILES string of the molecule is O[C@H]1CNCC[C@@H]1n1c2ccc(F)cc2c2cc(F)ccc21. The van der Waals surface area contributed by atoms with Crippen LogP contribution in [0, 0.1) is 11.6 Å². The number of aromatic nitrogens is 1. The third-order valence-electron chi connectivity index (χ3n) is 4.47. The van der Waals surface area contributed by atoms with Gasteiger partial charge in [-0.3, -0.25) is 0 Å². The van der Waals surface area contributed by atoms with Gasteiger partial charge in [0.15, 0.2) is 0 Å². The normalized spacial score (nSPS) is 22.5. The minimum atomic E-state index is -0.525. The lowest BCUT2D eigenvalue weighted by Gasteiger charge is -2.31. The summed E-state index contributed by atoms with van der Waals surface area (Å²) in [4.78, 5) is 0. The highest BCUT2D eigenvalue weighted by Crippen LogP contribution is 2.35. The molecule has 0 aliphatic carbocycles. The summed E-state index contributed by atoms with van der Waals surface area (Å²) < 4.78 is 29.3. The molecule has 3 aromatic rings. The standard InChI is InChI=1S/C17H16F2N2O/c18-10-1-3-14-12(7-10)13-8-11(19)2-4-15(13)21(14)16-5-6-20-9-17(16)22/h1-4,7-8,16-17,20,22H,5-6,9H2/t16-,17-/m0/s1. The first-order valence-corrected chi connectivity index (χ1v) is 7.42. The number of β-amino-alcohol motifs (C(OH)–C–C–N with tert-alkyl or cyclic N) is 1. The smallest absolute Gasteiger partial charge is 0.123 e. The molecule has 0 unspecified atom stereocenters. The highest BCUT2D eigenvalue weighted by atomic mass is 19.1. The van der Waals surface area contributed by atoms with E-state index in [1.807, 2.05) is 4.57 Å². The summed E-state index contributed by atoms with van der Waals surface area (Å²) in [7, 11) is 0. The maximum absolute atomic E-state index is 13.6. The minimum Gasteiger partial charge on any atom is -0.390 e. The molecule has 0 spiro atoms. The van der Waals surface area contributed by atoms with Crippen molar-refractivity contribution in [2.24, 2.45) is 0 Å². The summed E-state index contributed by atoms with van der Waals surface area (Å²) in [5.74, 6) is -0.691. The van der Waals surface area contributed by atoms with E-state index in [9.17, 15) is 13.9 Å². The minimum absolute atomic E-state index is 0.0998. The molecule has 0 amide bonds. The Morgan fingerprint density at radius 3 is 2.14 bits per heavy atom. The molecular formula is C17H16F2N2O. The van der Waals surface area contributed by atoms with Gasteiger partial charge in [-0.2, -0.15) is 0 Å². The van der Waals surface area contributed by atoms with E-state index in [0.717, 1.165) is 24.0 Å². The van der Waals surface area contributed by atoms with Gasteiger partial charge in [-0.1, -0.05) is 0 Å². The van der Waals surface area contributed by atoms with Crippen molar-refractivity contribution in [2.45, 2.75) is 18.6 Å². The lowest BCUT2D eigenvalue weighted by atomic mass is 10.0. The fourth-order valence-electron chi connectivity index (χ4n) is 3.48. The summed E-state index contributed by atoms with van der Waals surface area (Å²) >= 11 is 0. The fourth-order valence-corrected chi connectivity index (χ4v) is 3.48. The maximum Gasteiger partial charge on any atom is 0.123 e. The number of hydrogen-bond acceptors (Lipinski definition) is 2. The molecule has 2 N–H and O–H groups in total. The van der Waals surface area contributed by atoms with E-state index < -0.39 is 6.10 Å². The van der Waals surface area contributed by atoms with Crippen LogP contribution in [0.25, 0.3) is 21.8 Å². The van der Waals surface area contributed by atoms with Gasteiger partial charge in [0.1, 0.15) is 11.6 Å². The summed E-state index contributed by atoms with van der Waals surface area (Å²) in [6.45, 7) is 1.33. The van der Waals surface area contributed by atoms with Gasteiger partial charge in [0, 0.05) is 28.4 Å². The maximum atomic E-state index is 13.6. The molecule has 1 saturated heterocycles. The molecule has 5 heteroatoms. The molecule has 114 valence electrons. The van der Waals surface area contributed by atoms with Crippen LogP contribution in [-0.4, -0.2) is 28.9 Å². The largest absolute Gasteiger partial charge is 0.390 e. The van der Waals surface area contributed by atoms with Crippen LogP contribution in [0.1, 0.15) is 12.5 Å². The Bertz CT molecular complexity index is 799. The molecule has 2 heterocycles. The van der Waals surface area contributed by atoms with Gasteiger partial charge in [-0.25, -0.2) is 8.78 Å². The van der Waals surface area contributed by atoms with Gasteiger partial charge < -0.3 is 15.0 Å². The van der Waals surface area contributed by atoms with Crippen LogP contribution >= 0.6 is 0 Å². The average Bonchev–Trinajstić information content (AvgIpc) is 2.81. The predicted octanol–water partition coefficient (Wildman–Crippen LogP) is 2.97. The number of aliphatic hydroxyl groups excluding tert-OH is 1. The van der Waals surface area contributed by atoms with Crippen molar-refractivity contribution in [3.8, 4) is 0 Å². The van der Waals surface area contributed by atoms with Crippen molar-refractivity contribution in [2.75, 3.05) is 13.1 Å². The Labute approximate surface area is 126 Å². The Morgan fingerprint density at radius 1 is 1.00 bits per heavy atom. The van der Waals surface area contributed by atoms with Crippen molar-refractivity contribution in [3.63, 3.8) is 0 Å². The zero-order chi connectivity index (χ0) is 15.3. The lowest BCUT2D eigenvalue weighted by Crippen LogP contribution is -2.41. The molecular weight excluding hydrogens is 286 g/mol. The van der Waals surface area contributed by atoms with E-state index in [-0.39, 0.29) is 17.7 Å². The number of rotatable bonds is 1. The van der Waals surface area contributed by atoms with Gasteiger partial charge in [0.05, 0.1) is 12.1 Å². The van der Waals surface area contributed by atoms with Crippen LogP contribution in [0.2, 0.25) is 0 Å². The number of benzene rings is 2. The van der Waals surface area contributed by atoms with Crippen molar-refractivity contribution in [3.05, 3.63) is 48.0 Å². The second-order valence-corrected chi connectivity index (χ2v) is 5.82. The first-order valence-electron chi connectivity index (χ1n) is 7.42. The van der Waals surface area contributed by atoms with E-state index in [1.54, 1.807) is 12.1 Å². The highest BCUT2D eigenvalue weighted by Gasteiger charge is 2.27. The number of nitrogens with one attached hydrogen (secondary N) is 1. The number of fused-ring (bicyclic) bond motifs is 3. The highest BCUT2D eigenvalue weighted by molar-refractivity contribution is 6.08. The third-order valence-corrected chi connectivity index (χ3v) is 4.47. The Balaban J connectivity index is 2.06. The molecule has 2 atom stereocenters. The van der Waals surface area contributed by atoms with Gasteiger partial charge in [0.25, 0.3) is 0 Å². The Hall–Kier alpha value is -1.98. The molecule has 1 aliphatic heterocycles. The zero-order valence-corrected chi connectivity index (χ0v) is 11.9. The number of aliphatic hydroxyl groups is 1. The van der Waals surface area contributed by atoms with E-state index in [0.29, 0.717) is 17.3 Å². The number of piperidine rings is 1. The summed E-state index contributed by atoms with van der Waals surface area (Å²) in [5.41, 5.74) is 1.65. The quantitative estimate of drug-likeness (QED) is 0.725. The molecule has 2 aromatic carbocycles.